The molecule has 1 saturated heterocycles. The van der Waals surface area contributed by atoms with Crippen LogP contribution in [0.15, 0.2) is 17.2 Å². The molecule has 0 saturated carbocycles. The zero-order valence-corrected chi connectivity index (χ0v) is 16.7. The molecule has 10 heteroatoms. The number of thiophene rings is 1. The van der Waals surface area contributed by atoms with E-state index in [1.54, 1.807) is 17.6 Å². The van der Waals surface area contributed by atoms with Crippen molar-refractivity contribution in [3.63, 3.8) is 0 Å². The van der Waals surface area contributed by atoms with Crippen LogP contribution in [-0.4, -0.2) is 30.2 Å². The first-order valence-electron chi connectivity index (χ1n) is 7.95. The molecule has 3 rings (SSSR count). The molecular weight excluding hydrogens is 417 g/mol. The Morgan fingerprint density at radius 1 is 1.23 bits per heavy atom. The highest BCUT2D eigenvalue weighted by atomic mass is 35.5. The summed E-state index contributed by atoms with van der Waals surface area (Å²) in [5.41, 5.74) is 7.95. The van der Waals surface area contributed by atoms with Crippen molar-refractivity contribution in [1.82, 2.24) is 10.4 Å². The lowest BCUT2D eigenvalue weighted by Gasteiger charge is -2.27. The minimum atomic E-state index is -0.621. The molecule has 138 valence electrons. The molecule has 1 aliphatic heterocycles. The van der Waals surface area contributed by atoms with Crippen LogP contribution in [-0.2, 0) is 0 Å². The second-order valence-corrected chi connectivity index (χ2v) is 7.92. The van der Waals surface area contributed by atoms with Gasteiger partial charge in [-0.25, -0.2) is 10.4 Å². The summed E-state index contributed by atoms with van der Waals surface area (Å²) >= 11 is 19.3. The number of aromatic nitrogens is 1. The topological polar surface area (TPSA) is 83.6 Å². The Kier molecular flexibility index (Phi) is 6.24. The van der Waals surface area contributed by atoms with Crippen molar-refractivity contribution in [2.75, 3.05) is 23.7 Å². The van der Waals surface area contributed by atoms with Gasteiger partial charge in [0.15, 0.2) is 10.8 Å². The summed E-state index contributed by atoms with van der Waals surface area (Å²) < 4.78 is 0. The van der Waals surface area contributed by atoms with Gasteiger partial charge in [-0.3, -0.25) is 4.79 Å². The monoisotopic (exact) mass is 431 g/mol. The smallest absolute Gasteiger partial charge is 0.291 e. The van der Waals surface area contributed by atoms with Gasteiger partial charge in [-0.15, -0.1) is 11.3 Å². The van der Waals surface area contributed by atoms with Crippen molar-refractivity contribution in [2.24, 2.45) is 5.10 Å². The Bertz CT molecular complexity index is 849. The molecular formula is C16H16Cl3N5OS. The maximum Gasteiger partial charge on any atom is 0.291 e. The molecule has 1 fully saturated rings. The van der Waals surface area contributed by atoms with E-state index in [-0.39, 0.29) is 26.6 Å². The van der Waals surface area contributed by atoms with Gasteiger partial charge >= 0.3 is 0 Å². The molecule has 0 unspecified atom stereocenters. The number of carbonyl (C=O) groups excluding carboxylic acids is 1. The maximum absolute atomic E-state index is 12.2. The third kappa shape index (κ3) is 4.23. The molecule has 0 atom stereocenters. The molecule has 3 N–H and O–H groups in total. The van der Waals surface area contributed by atoms with E-state index in [1.807, 2.05) is 6.07 Å². The van der Waals surface area contributed by atoms with Gasteiger partial charge in [0.25, 0.3) is 5.91 Å². The molecule has 0 spiro atoms. The van der Waals surface area contributed by atoms with Gasteiger partial charge < -0.3 is 10.6 Å². The first kappa shape index (κ1) is 19.2. The normalized spacial score (nSPS) is 14.8. The van der Waals surface area contributed by atoms with E-state index in [2.05, 4.69) is 26.5 Å². The van der Waals surface area contributed by atoms with Gasteiger partial charge in [0.05, 0.1) is 21.9 Å². The number of carbonyl (C=O) groups is 1. The number of rotatable bonds is 4. The van der Waals surface area contributed by atoms with E-state index in [1.165, 1.54) is 24.3 Å². The Balaban J connectivity index is 1.65. The van der Waals surface area contributed by atoms with Crippen LogP contribution in [0, 0.1) is 0 Å². The molecule has 3 heterocycles. The van der Waals surface area contributed by atoms with Crippen LogP contribution >= 0.6 is 46.1 Å². The number of piperidine rings is 1. The first-order valence-corrected chi connectivity index (χ1v) is 9.90. The standard InChI is InChI=1S/C16H16Cl3N5OS/c17-11-13(20)12(18)15(19)22-14(11)16(25)23-21-8-9-4-5-10(26-9)24-6-2-1-3-7-24/h4-5,8H,1-3,6-7H2,(H2,20,22)(H,23,25)/b21-8+. The van der Waals surface area contributed by atoms with E-state index in [0.29, 0.717) is 0 Å². The number of hydrazone groups is 1. The minimum absolute atomic E-state index is 0.00638. The van der Waals surface area contributed by atoms with Gasteiger partial charge in [0.1, 0.15) is 5.02 Å². The van der Waals surface area contributed by atoms with E-state index in [0.717, 1.165) is 18.0 Å². The number of anilines is 2. The number of nitrogen functional groups attached to an aromatic ring is 1. The summed E-state index contributed by atoms with van der Waals surface area (Å²) in [6, 6.07) is 4.03. The molecule has 1 aliphatic rings. The number of halogens is 3. The highest BCUT2D eigenvalue weighted by Gasteiger charge is 2.19. The van der Waals surface area contributed by atoms with Crippen LogP contribution in [0.1, 0.15) is 34.6 Å². The molecule has 0 radical (unpaired) electrons. The second kappa shape index (κ2) is 8.43. The average Bonchev–Trinajstić information content (AvgIpc) is 3.12. The fraction of sp³-hybridized carbons (Fsp3) is 0.312. The van der Waals surface area contributed by atoms with Gasteiger partial charge in [-0.2, -0.15) is 5.10 Å². The molecule has 0 bridgehead atoms. The van der Waals surface area contributed by atoms with Crippen LogP contribution in [0.25, 0.3) is 0 Å². The summed E-state index contributed by atoms with van der Waals surface area (Å²) in [4.78, 5) is 19.3. The summed E-state index contributed by atoms with van der Waals surface area (Å²) in [6.45, 7) is 2.16. The summed E-state index contributed by atoms with van der Waals surface area (Å²) in [6.07, 6.45) is 5.30. The van der Waals surface area contributed by atoms with Crippen molar-refractivity contribution in [3.05, 3.63) is 37.9 Å². The molecule has 2 aromatic rings. The Morgan fingerprint density at radius 2 is 1.96 bits per heavy atom. The average molecular weight is 433 g/mol. The van der Waals surface area contributed by atoms with E-state index >= 15 is 0 Å². The molecule has 2 aromatic heterocycles. The minimum Gasteiger partial charge on any atom is -0.396 e. The predicted octanol–water partition coefficient (Wildman–Crippen LogP) is 4.44. The molecule has 1 amide bonds. The van der Waals surface area contributed by atoms with E-state index in [9.17, 15) is 4.79 Å². The predicted molar refractivity (Wildman–Crippen MR) is 109 cm³/mol. The van der Waals surface area contributed by atoms with Crippen LogP contribution < -0.4 is 16.1 Å². The SMILES string of the molecule is Nc1c(Cl)c(Cl)nc(C(=O)N/N=C/c2ccc(N3CCCCC3)s2)c1Cl. The van der Waals surface area contributed by atoms with Crippen LogP contribution in [0.3, 0.4) is 0 Å². The third-order valence-electron chi connectivity index (χ3n) is 3.93. The number of nitrogens with one attached hydrogen (secondary N) is 1. The van der Waals surface area contributed by atoms with Gasteiger partial charge in [-0.05, 0) is 31.4 Å². The number of hydrogen-bond donors (Lipinski definition) is 2. The summed E-state index contributed by atoms with van der Waals surface area (Å²) in [5.74, 6) is -0.621. The van der Waals surface area contributed by atoms with Crippen molar-refractivity contribution >= 4 is 68.9 Å². The number of hydrogen-bond acceptors (Lipinski definition) is 6. The zero-order valence-electron chi connectivity index (χ0n) is 13.6. The second-order valence-electron chi connectivity index (χ2n) is 5.72. The van der Waals surface area contributed by atoms with Crippen LogP contribution in [0.4, 0.5) is 10.7 Å². The van der Waals surface area contributed by atoms with Crippen molar-refractivity contribution in [1.29, 1.82) is 0 Å². The quantitative estimate of drug-likeness (QED) is 0.425. The van der Waals surface area contributed by atoms with Crippen molar-refractivity contribution in [2.45, 2.75) is 19.3 Å². The molecule has 6 nitrogen and oxygen atoms in total. The van der Waals surface area contributed by atoms with E-state index in [4.69, 9.17) is 40.5 Å². The maximum atomic E-state index is 12.2. The Morgan fingerprint density at radius 3 is 2.69 bits per heavy atom. The van der Waals surface area contributed by atoms with Crippen LogP contribution in [0.5, 0.6) is 0 Å². The summed E-state index contributed by atoms with van der Waals surface area (Å²) in [7, 11) is 0. The Hall–Kier alpha value is -1.54. The summed E-state index contributed by atoms with van der Waals surface area (Å²) in [5, 5.41) is 5.02. The molecule has 0 aromatic carbocycles. The first-order chi connectivity index (χ1) is 12.5. The number of pyridine rings is 1. The van der Waals surface area contributed by atoms with E-state index < -0.39 is 5.91 Å². The lowest BCUT2D eigenvalue weighted by atomic mass is 10.1. The number of nitrogens with two attached hydrogens (primary N) is 1. The van der Waals surface area contributed by atoms with Crippen molar-refractivity contribution < 1.29 is 4.79 Å². The highest BCUT2D eigenvalue weighted by Crippen LogP contribution is 2.34. The van der Waals surface area contributed by atoms with Crippen molar-refractivity contribution in [3.8, 4) is 0 Å². The van der Waals surface area contributed by atoms with Crippen LogP contribution in [0.2, 0.25) is 15.2 Å². The highest BCUT2D eigenvalue weighted by molar-refractivity contribution is 7.17. The molecule has 0 aliphatic carbocycles. The van der Waals surface area contributed by atoms with Gasteiger partial charge in [-0.1, -0.05) is 34.8 Å². The lowest BCUT2D eigenvalue weighted by molar-refractivity contribution is 0.0950. The largest absolute Gasteiger partial charge is 0.396 e. The zero-order chi connectivity index (χ0) is 18.7. The molecule has 26 heavy (non-hydrogen) atoms. The van der Waals surface area contributed by atoms with Gasteiger partial charge in [0.2, 0.25) is 0 Å². The van der Waals surface area contributed by atoms with Gasteiger partial charge in [0, 0.05) is 18.0 Å². The number of amides is 1. The fourth-order valence-corrected chi connectivity index (χ4v) is 4.11. The fourth-order valence-electron chi connectivity index (χ4n) is 2.59. The third-order valence-corrected chi connectivity index (χ3v) is 6.14. The Labute approximate surface area is 169 Å². The lowest BCUT2D eigenvalue weighted by Crippen LogP contribution is -2.28. The number of nitrogens with zero attached hydrogens (tertiary/aromatic N) is 3.